The summed E-state index contributed by atoms with van der Waals surface area (Å²) in [6.07, 6.45) is 0.372. The van der Waals surface area contributed by atoms with Crippen LogP contribution in [-0.4, -0.2) is 34.0 Å². The summed E-state index contributed by atoms with van der Waals surface area (Å²) in [5.74, 6) is 0.785. The number of imidazole rings is 1. The van der Waals surface area contributed by atoms with Gasteiger partial charge in [0, 0.05) is 36.3 Å². The van der Waals surface area contributed by atoms with E-state index in [1.54, 1.807) is 0 Å². The van der Waals surface area contributed by atoms with E-state index in [9.17, 15) is 9.59 Å². The van der Waals surface area contributed by atoms with E-state index in [0.717, 1.165) is 39.4 Å². The number of fused-ring (bicyclic) bond motifs is 1. The fraction of sp³-hybridized carbons (Fsp3) is 0.300. The molecule has 1 aliphatic rings. The van der Waals surface area contributed by atoms with Crippen LogP contribution in [0.3, 0.4) is 0 Å². The fourth-order valence-electron chi connectivity index (χ4n) is 5.24. The molecule has 0 bridgehead atoms. The molecule has 2 heterocycles. The average molecular weight is 481 g/mol. The van der Waals surface area contributed by atoms with Crippen LogP contribution in [0, 0.1) is 13.8 Å². The van der Waals surface area contributed by atoms with E-state index in [-0.39, 0.29) is 30.3 Å². The Labute approximate surface area is 212 Å². The third kappa shape index (κ3) is 4.28. The lowest BCUT2D eigenvalue weighted by Crippen LogP contribution is -2.39. The zero-order valence-corrected chi connectivity index (χ0v) is 21.3. The van der Waals surface area contributed by atoms with Gasteiger partial charge in [-0.1, -0.05) is 42.5 Å². The highest BCUT2D eigenvalue weighted by atomic mass is 16.2. The van der Waals surface area contributed by atoms with E-state index in [0.29, 0.717) is 13.0 Å². The standard InChI is InChI=1S/C30H32N4O2/c1-20(2)34(24-12-6-5-7-13-24)29(36)19-33-27-15-9-8-14-25(27)31-30(33)23-17-28(35)32(18-23)26-16-10-11-21(3)22(26)4/h5-16,20,23H,17-19H2,1-4H3. The van der Waals surface area contributed by atoms with E-state index in [1.807, 2.05) is 94.9 Å². The Morgan fingerprint density at radius 1 is 1.00 bits per heavy atom. The molecule has 0 aliphatic carbocycles. The number of carbonyl (C=O) groups is 2. The zero-order chi connectivity index (χ0) is 25.4. The summed E-state index contributed by atoms with van der Waals surface area (Å²) in [5, 5.41) is 0. The van der Waals surface area contributed by atoms with Crippen molar-refractivity contribution in [2.75, 3.05) is 16.3 Å². The molecule has 2 amide bonds. The minimum atomic E-state index is -0.0955. The molecule has 3 aromatic carbocycles. The Balaban J connectivity index is 1.51. The first-order valence-electron chi connectivity index (χ1n) is 12.5. The highest BCUT2D eigenvalue weighted by Crippen LogP contribution is 2.35. The minimum Gasteiger partial charge on any atom is -0.318 e. The summed E-state index contributed by atoms with van der Waals surface area (Å²) in [5.41, 5.74) is 5.86. The molecule has 0 saturated carbocycles. The van der Waals surface area contributed by atoms with Crippen LogP contribution in [0.1, 0.15) is 43.1 Å². The second-order valence-electron chi connectivity index (χ2n) is 9.86. The zero-order valence-electron chi connectivity index (χ0n) is 21.3. The largest absolute Gasteiger partial charge is 0.318 e. The van der Waals surface area contributed by atoms with Crippen LogP contribution in [0.5, 0.6) is 0 Å². The average Bonchev–Trinajstić information content (AvgIpc) is 3.42. The molecule has 184 valence electrons. The van der Waals surface area contributed by atoms with E-state index >= 15 is 0 Å². The van der Waals surface area contributed by atoms with Crippen molar-refractivity contribution >= 4 is 34.2 Å². The van der Waals surface area contributed by atoms with Gasteiger partial charge in [-0.05, 0) is 69.2 Å². The summed E-state index contributed by atoms with van der Waals surface area (Å²) in [6.45, 7) is 8.88. The van der Waals surface area contributed by atoms with Crippen molar-refractivity contribution in [1.29, 1.82) is 0 Å². The van der Waals surface area contributed by atoms with Gasteiger partial charge in [-0.25, -0.2) is 4.98 Å². The highest BCUT2D eigenvalue weighted by molar-refractivity contribution is 5.98. The number of aryl methyl sites for hydroxylation is 1. The number of anilines is 2. The topological polar surface area (TPSA) is 58.4 Å². The van der Waals surface area contributed by atoms with Gasteiger partial charge in [0.15, 0.2) is 0 Å². The number of amides is 2. The molecule has 0 N–H and O–H groups in total. The van der Waals surface area contributed by atoms with Gasteiger partial charge >= 0.3 is 0 Å². The summed E-state index contributed by atoms with van der Waals surface area (Å²) >= 11 is 0. The van der Waals surface area contributed by atoms with E-state index in [1.165, 1.54) is 0 Å². The van der Waals surface area contributed by atoms with Crippen LogP contribution in [-0.2, 0) is 16.1 Å². The Bertz CT molecular complexity index is 1420. The van der Waals surface area contributed by atoms with Crippen LogP contribution in [0.25, 0.3) is 11.0 Å². The van der Waals surface area contributed by atoms with Crippen LogP contribution < -0.4 is 9.80 Å². The molecular formula is C30H32N4O2. The van der Waals surface area contributed by atoms with Gasteiger partial charge in [0.25, 0.3) is 0 Å². The maximum Gasteiger partial charge on any atom is 0.247 e. The molecule has 0 radical (unpaired) electrons. The van der Waals surface area contributed by atoms with Gasteiger partial charge < -0.3 is 14.4 Å². The molecule has 1 fully saturated rings. The van der Waals surface area contributed by atoms with Gasteiger partial charge in [0.1, 0.15) is 12.4 Å². The van der Waals surface area contributed by atoms with Crippen molar-refractivity contribution in [3.63, 3.8) is 0 Å². The number of para-hydroxylation sites is 3. The van der Waals surface area contributed by atoms with E-state index in [2.05, 4.69) is 19.9 Å². The molecule has 1 saturated heterocycles. The number of hydrogen-bond donors (Lipinski definition) is 0. The van der Waals surface area contributed by atoms with Gasteiger partial charge in [-0.15, -0.1) is 0 Å². The quantitative estimate of drug-likeness (QED) is 0.360. The van der Waals surface area contributed by atoms with Gasteiger partial charge in [0.2, 0.25) is 11.8 Å². The molecule has 4 aromatic rings. The molecule has 6 nitrogen and oxygen atoms in total. The predicted molar refractivity (Wildman–Crippen MR) is 144 cm³/mol. The molecule has 1 atom stereocenters. The summed E-state index contributed by atoms with van der Waals surface area (Å²) in [6, 6.07) is 23.7. The molecule has 36 heavy (non-hydrogen) atoms. The molecule has 5 rings (SSSR count). The number of benzene rings is 3. The smallest absolute Gasteiger partial charge is 0.247 e. The van der Waals surface area contributed by atoms with Crippen molar-refractivity contribution in [1.82, 2.24) is 9.55 Å². The summed E-state index contributed by atoms with van der Waals surface area (Å²) in [7, 11) is 0. The third-order valence-electron chi connectivity index (χ3n) is 7.15. The second kappa shape index (κ2) is 9.61. The van der Waals surface area contributed by atoms with Crippen molar-refractivity contribution < 1.29 is 9.59 Å². The van der Waals surface area contributed by atoms with Crippen molar-refractivity contribution in [2.24, 2.45) is 0 Å². The maximum absolute atomic E-state index is 13.7. The number of carbonyl (C=O) groups excluding carboxylic acids is 2. The van der Waals surface area contributed by atoms with Gasteiger partial charge in [-0.2, -0.15) is 0 Å². The van der Waals surface area contributed by atoms with Crippen molar-refractivity contribution in [3.05, 3.63) is 89.7 Å². The van der Waals surface area contributed by atoms with Crippen LogP contribution >= 0.6 is 0 Å². The van der Waals surface area contributed by atoms with Crippen molar-refractivity contribution in [2.45, 2.75) is 52.6 Å². The van der Waals surface area contributed by atoms with E-state index < -0.39 is 0 Å². The Kier molecular flexibility index (Phi) is 6.35. The van der Waals surface area contributed by atoms with Crippen LogP contribution in [0.2, 0.25) is 0 Å². The predicted octanol–water partition coefficient (Wildman–Crippen LogP) is 5.62. The monoisotopic (exact) mass is 480 g/mol. The van der Waals surface area contributed by atoms with Crippen LogP contribution in [0.15, 0.2) is 72.8 Å². The number of aromatic nitrogens is 2. The normalized spacial score (nSPS) is 15.8. The molecule has 0 spiro atoms. The third-order valence-corrected chi connectivity index (χ3v) is 7.15. The SMILES string of the molecule is Cc1cccc(N2CC(c3nc4ccccc4n3CC(=O)N(c3ccccc3)C(C)C)CC2=O)c1C. The molecule has 1 aromatic heterocycles. The Hall–Kier alpha value is -3.93. The van der Waals surface area contributed by atoms with Gasteiger partial charge in [0.05, 0.1) is 11.0 Å². The first-order chi connectivity index (χ1) is 17.3. The van der Waals surface area contributed by atoms with Crippen molar-refractivity contribution in [3.8, 4) is 0 Å². The van der Waals surface area contributed by atoms with Crippen LogP contribution in [0.4, 0.5) is 11.4 Å². The molecule has 1 aliphatic heterocycles. The summed E-state index contributed by atoms with van der Waals surface area (Å²) in [4.78, 5) is 35.5. The first-order valence-corrected chi connectivity index (χ1v) is 12.5. The first kappa shape index (κ1) is 23.8. The highest BCUT2D eigenvalue weighted by Gasteiger charge is 2.36. The second-order valence-corrected chi connectivity index (χ2v) is 9.86. The Morgan fingerprint density at radius 3 is 2.47 bits per heavy atom. The van der Waals surface area contributed by atoms with E-state index in [4.69, 9.17) is 4.98 Å². The number of nitrogens with zero attached hydrogens (tertiary/aromatic N) is 4. The number of hydrogen-bond acceptors (Lipinski definition) is 3. The summed E-state index contributed by atoms with van der Waals surface area (Å²) < 4.78 is 2.01. The molecule has 1 unspecified atom stereocenters. The molecule has 6 heteroatoms. The maximum atomic E-state index is 13.7. The lowest BCUT2D eigenvalue weighted by atomic mass is 10.1. The number of rotatable bonds is 6. The minimum absolute atomic E-state index is 0.00342. The Morgan fingerprint density at radius 2 is 1.72 bits per heavy atom. The molecular weight excluding hydrogens is 448 g/mol. The van der Waals surface area contributed by atoms with Gasteiger partial charge in [-0.3, -0.25) is 9.59 Å². The lowest BCUT2D eigenvalue weighted by Gasteiger charge is -2.28. The lowest BCUT2D eigenvalue weighted by molar-refractivity contribution is -0.119. The fourth-order valence-corrected chi connectivity index (χ4v) is 5.24.